The largest absolute Gasteiger partial charge is 0.289 e. The molecule has 0 atom stereocenters. The fourth-order valence-corrected chi connectivity index (χ4v) is 4.55. The molecule has 0 saturated carbocycles. The highest BCUT2D eigenvalue weighted by Gasteiger charge is 2.26. The molecule has 0 spiro atoms. The van der Waals surface area contributed by atoms with Crippen molar-refractivity contribution in [2.24, 2.45) is 0 Å². The van der Waals surface area contributed by atoms with E-state index in [2.05, 4.69) is 9.71 Å². The Morgan fingerprint density at radius 3 is 2.40 bits per heavy atom. The Morgan fingerprint density at radius 1 is 1.08 bits per heavy atom. The third-order valence-electron chi connectivity index (χ3n) is 3.42. The van der Waals surface area contributed by atoms with Gasteiger partial charge in [-0.1, -0.05) is 42.5 Å². The molecule has 1 aromatic heterocycles. The number of para-hydroxylation sites is 1. The maximum absolute atomic E-state index is 12.5. The second-order valence-electron chi connectivity index (χ2n) is 5.12. The number of benzene rings is 2. The molecular weight excluding hydrogens is 362 g/mol. The predicted octanol–water partition coefficient (Wildman–Crippen LogP) is 3.83. The maximum Gasteiger partial charge on any atom is 0.289 e. The number of anilines is 1. The molecule has 0 aliphatic rings. The van der Waals surface area contributed by atoms with Gasteiger partial charge in [0.1, 0.15) is 0 Å². The molecule has 0 aliphatic carbocycles. The summed E-state index contributed by atoms with van der Waals surface area (Å²) in [7, 11) is -4.12. The first kappa shape index (κ1) is 17.1. The van der Waals surface area contributed by atoms with Crippen LogP contribution in [0.2, 0.25) is 0 Å². The summed E-state index contributed by atoms with van der Waals surface area (Å²) in [5.41, 5.74) is 1.06. The Hall–Kier alpha value is -2.78. The number of nitrogens with zero attached hydrogens (tertiary/aromatic N) is 2. The van der Waals surface area contributed by atoms with E-state index >= 15 is 0 Å². The van der Waals surface area contributed by atoms with E-state index in [9.17, 15) is 18.5 Å². The van der Waals surface area contributed by atoms with E-state index in [1.54, 1.807) is 0 Å². The van der Waals surface area contributed by atoms with Crippen LogP contribution >= 0.6 is 11.3 Å². The highest BCUT2D eigenvalue weighted by atomic mass is 32.2. The summed E-state index contributed by atoms with van der Waals surface area (Å²) in [6.45, 7) is 1.84. The molecule has 0 fully saturated rings. The number of rotatable bonds is 5. The molecule has 0 radical (unpaired) electrons. The number of aromatic nitrogens is 1. The standard InChI is InChI=1S/C16H13N3O4S2/c1-11-15(12-7-3-2-4-8-12)17-16(24-11)18-25(22,23)14-10-6-5-9-13(14)19(20)21/h2-10H,1H3,(H,17,18). The van der Waals surface area contributed by atoms with Gasteiger partial charge >= 0.3 is 0 Å². The second-order valence-corrected chi connectivity index (χ2v) is 7.97. The minimum absolute atomic E-state index is 0.162. The van der Waals surface area contributed by atoms with E-state index < -0.39 is 25.5 Å². The van der Waals surface area contributed by atoms with E-state index in [0.717, 1.165) is 16.5 Å². The van der Waals surface area contributed by atoms with Crippen LogP contribution < -0.4 is 4.72 Å². The fraction of sp³-hybridized carbons (Fsp3) is 0.0625. The van der Waals surface area contributed by atoms with Gasteiger partial charge in [0.2, 0.25) is 0 Å². The first-order valence-electron chi connectivity index (χ1n) is 7.17. The quantitative estimate of drug-likeness (QED) is 0.539. The van der Waals surface area contributed by atoms with Gasteiger partial charge in [-0.25, -0.2) is 13.4 Å². The van der Waals surface area contributed by atoms with E-state index in [1.165, 1.54) is 29.5 Å². The molecule has 1 N–H and O–H groups in total. The van der Waals surface area contributed by atoms with Gasteiger partial charge in [0.15, 0.2) is 10.0 Å². The molecular formula is C16H13N3O4S2. The summed E-state index contributed by atoms with van der Waals surface area (Å²) in [6, 6.07) is 14.6. The van der Waals surface area contributed by atoms with E-state index in [-0.39, 0.29) is 5.13 Å². The lowest BCUT2D eigenvalue weighted by Crippen LogP contribution is -2.14. The van der Waals surface area contributed by atoms with Crippen molar-refractivity contribution in [1.82, 2.24) is 4.98 Å². The predicted molar refractivity (Wildman–Crippen MR) is 96.2 cm³/mol. The zero-order valence-electron chi connectivity index (χ0n) is 13.0. The summed E-state index contributed by atoms with van der Waals surface area (Å²) < 4.78 is 27.4. The van der Waals surface area contributed by atoms with Gasteiger partial charge in [0.25, 0.3) is 15.7 Å². The number of sulfonamides is 1. The van der Waals surface area contributed by atoms with Gasteiger partial charge in [-0.05, 0) is 13.0 Å². The van der Waals surface area contributed by atoms with Crippen LogP contribution in [0.25, 0.3) is 11.3 Å². The van der Waals surface area contributed by atoms with Crippen molar-refractivity contribution < 1.29 is 13.3 Å². The molecule has 2 aromatic carbocycles. The van der Waals surface area contributed by atoms with Crippen molar-refractivity contribution in [3.05, 3.63) is 69.6 Å². The van der Waals surface area contributed by atoms with Gasteiger partial charge in [-0.2, -0.15) is 0 Å². The Balaban J connectivity index is 1.97. The zero-order valence-corrected chi connectivity index (χ0v) is 14.7. The Morgan fingerprint density at radius 2 is 1.72 bits per heavy atom. The Labute approximate surface area is 148 Å². The van der Waals surface area contributed by atoms with Crippen molar-refractivity contribution >= 4 is 32.2 Å². The van der Waals surface area contributed by atoms with Gasteiger partial charge in [-0.15, -0.1) is 11.3 Å². The van der Waals surface area contributed by atoms with Crippen LogP contribution in [0.4, 0.5) is 10.8 Å². The smallest absolute Gasteiger partial charge is 0.258 e. The van der Waals surface area contributed by atoms with Crippen LogP contribution in [0, 0.1) is 17.0 Å². The zero-order chi connectivity index (χ0) is 18.0. The highest BCUT2D eigenvalue weighted by molar-refractivity contribution is 7.93. The first-order valence-corrected chi connectivity index (χ1v) is 9.47. The van der Waals surface area contributed by atoms with Crippen molar-refractivity contribution in [2.45, 2.75) is 11.8 Å². The SMILES string of the molecule is Cc1sc(NS(=O)(=O)c2ccccc2[N+](=O)[O-])nc1-c1ccccc1. The Kier molecular flexibility index (Phi) is 4.51. The maximum atomic E-state index is 12.5. The lowest BCUT2D eigenvalue weighted by molar-refractivity contribution is -0.387. The monoisotopic (exact) mass is 375 g/mol. The molecule has 0 bridgehead atoms. The average molecular weight is 375 g/mol. The van der Waals surface area contributed by atoms with Crippen LogP contribution in [-0.2, 0) is 10.0 Å². The second kappa shape index (κ2) is 6.61. The molecule has 25 heavy (non-hydrogen) atoms. The molecule has 7 nitrogen and oxygen atoms in total. The third-order valence-corrected chi connectivity index (χ3v) is 5.82. The molecule has 0 amide bonds. The van der Waals surface area contributed by atoms with E-state index in [0.29, 0.717) is 5.69 Å². The summed E-state index contributed by atoms with van der Waals surface area (Å²) in [4.78, 5) is 15.1. The van der Waals surface area contributed by atoms with Crippen LogP contribution in [0.5, 0.6) is 0 Å². The lowest BCUT2D eigenvalue weighted by atomic mass is 10.1. The minimum Gasteiger partial charge on any atom is -0.258 e. The van der Waals surface area contributed by atoms with Crippen molar-refractivity contribution in [3.8, 4) is 11.3 Å². The number of hydrogen-bond donors (Lipinski definition) is 1. The van der Waals surface area contributed by atoms with Crippen LogP contribution in [-0.4, -0.2) is 18.3 Å². The highest BCUT2D eigenvalue weighted by Crippen LogP contribution is 2.32. The number of nitrogens with one attached hydrogen (secondary N) is 1. The molecule has 3 rings (SSSR count). The number of hydrogen-bond acceptors (Lipinski definition) is 6. The minimum atomic E-state index is -4.12. The number of nitro groups is 1. The van der Waals surface area contributed by atoms with Crippen LogP contribution in [0.3, 0.4) is 0 Å². The summed E-state index contributed by atoms with van der Waals surface area (Å²) in [6.07, 6.45) is 0. The molecule has 0 unspecified atom stereocenters. The molecule has 3 aromatic rings. The average Bonchev–Trinajstić information content (AvgIpc) is 2.95. The summed E-state index contributed by atoms with van der Waals surface area (Å²) in [5.74, 6) is 0. The summed E-state index contributed by atoms with van der Waals surface area (Å²) >= 11 is 1.17. The topological polar surface area (TPSA) is 102 Å². The van der Waals surface area contributed by atoms with Crippen molar-refractivity contribution in [1.29, 1.82) is 0 Å². The van der Waals surface area contributed by atoms with Crippen molar-refractivity contribution in [2.75, 3.05) is 4.72 Å². The van der Waals surface area contributed by atoms with Crippen LogP contribution in [0.1, 0.15) is 4.88 Å². The van der Waals surface area contributed by atoms with Gasteiger partial charge in [-0.3, -0.25) is 14.8 Å². The number of thiazole rings is 1. The summed E-state index contributed by atoms with van der Waals surface area (Å²) in [5, 5.41) is 11.2. The van der Waals surface area contributed by atoms with E-state index in [4.69, 9.17) is 0 Å². The Bertz CT molecular complexity index is 1030. The number of aryl methyl sites for hydroxylation is 1. The normalized spacial score (nSPS) is 11.2. The van der Waals surface area contributed by atoms with Gasteiger partial charge in [0.05, 0.1) is 10.6 Å². The molecule has 128 valence electrons. The lowest BCUT2D eigenvalue weighted by Gasteiger charge is -2.05. The fourth-order valence-electron chi connectivity index (χ4n) is 2.31. The number of nitro benzene ring substituents is 1. The molecule has 0 aliphatic heterocycles. The van der Waals surface area contributed by atoms with Gasteiger partial charge in [0, 0.05) is 16.5 Å². The van der Waals surface area contributed by atoms with Crippen molar-refractivity contribution in [3.63, 3.8) is 0 Å². The molecule has 9 heteroatoms. The van der Waals surface area contributed by atoms with E-state index in [1.807, 2.05) is 37.3 Å². The third kappa shape index (κ3) is 3.52. The van der Waals surface area contributed by atoms with Gasteiger partial charge < -0.3 is 0 Å². The molecule has 1 heterocycles. The molecule has 0 saturated heterocycles. The van der Waals surface area contributed by atoms with Crippen LogP contribution in [0.15, 0.2) is 59.5 Å². The first-order chi connectivity index (χ1) is 11.9.